The Kier molecular flexibility index (Phi) is 1.40. The van der Waals surface area contributed by atoms with Crippen LogP contribution in [0.4, 0.5) is 0 Å². The second-order valence-corrected chi connectivity index (χ2v) is 3.11. The average Bonchev–Trinajstić information content (AvgIpc) is 2.90. The van der Waals surface area contributed by atoms with Gasteiger partial charge in [0.15, 0.2) is 0 Å². The van der Waals surface area contributed by atoms with E-state index in [0.717, 1.165) is 0 Å². The molecule has 0 saturated heterocycles. The van der Waals surface area contributed by atoms with Gasteiger partial charge < -0.3 is 4.98 Å². The first kappa shape index (κ1) is 7.80. The first-order valence-electron chi connectivity index (χ1n) is 3.92. The molecule has 66 valence electrons. The molecule has 5 nitrogen and oxygen atoms in total. The van der Waals surface area contributed by atoms with Gasteiger partial charge in [-0.25, -0.2) is 0 Å². The van der Waals surface area contributed by atoms with Crippen LogP contribution in [0.2, 0.25) is 0 Å². The number of nitrogens with one attached hydrogen (secondary N) is 1. The van der Waals surface area contributed by atoms with Crippen LogP contribution in [0, 0.1) is 11.3 Å². The summed E-state index contributed by atoms with van der Waals surface area (Å²) in [6, 6.07) is 2.05. The minimum atomic E-state index is -0.745. The van der Waals surface area contributed by atoms with Crippen LogP contribution in [0.25, 0.3) is 0 Å². The fourth-order valence-electron chi connectivity index (χ4n) is 1.29. The van der Waals surface area contributed by atoms with Crippen molar-refractivity contribution in [3.05, 3.63) is 33.1 Å². The number of aromatic amines is 1. The second-order valence-electron chi connectivity index (χ2n) is 3.11. The molecule has 0 amide bonds. The Morgan fingerprint density at radius 2 is 2.23 bits per heavy atom. The molecule has 1 saturated carbocycles. The molecule has 0 aromatic carbocycles. The smallest absolute Gasteiger partial charge is 0.317 e. The maximum Gasteiger partial charge on any atom is 0.317 e. The van der Waals surface area contributed by atoms with E-state index in [4.69, 9.17) is 5.26 Å². The van der Waals surface area contributed by atoms with Crippen molar-refractivity contribution < 1.29 is 0 Å². The maximum atomic E-state index is 11.3. The van der Waals surface area contributed by atoms with Crippen molar-refractivity contribution in [3.63, 3.8) is 0 Å². The highest BCUT2D eigenvalue weighted by atomic mass is 16.2. The number of aromatic nitrogens is 2. The van der Waals surface area contributed by atoms with Crippen molar-refractivity contribution in [2.24, 2.45) is 0 Å². The number of rotatable bonds is 1. The van der Waals surface area contributed by atoms with Crippen molar-refractivity contribution in [2.75, 3.05) is 0 Å². The van der Waals surface area contributed by atoms with Gasteiger partial charge in [-0.1, -0.05) is 0 Å². The molecule has 0 radical (unpaired) electrons. The lowest BCUT2D eigenvalue weighted by molar-refractivity contribution is 0.575. The standard InChI is InChI=1S/C8H7N3O2/c9-5-8(1-2-8)11-4-3-10-6(12)7(11)13/h3-4H,1-2H2,(H,10,12). The van der Waals surface area contributed by atoms with Crippen LogP contribution in [0.5, 0.6) is 0 Å². The molecule has 1 heterocycles. The zero-order valence-electron chi connectivity index (χ0n) is 6.78. The van der Waals surface area contributed by atoms with Gasteiger partial charge in [0.1, 0.15) is 5.54 Å². The summed E-state index contributed by atoms with van der Waals surface area (Å²) >= 11 is 0. The summed E-state index contributed by atoms with van der Waals surface area (Å²) in [7, 11) is 0. The van der Waals surface area contributed by atoms with Gasteiger partial charge in [-0.05, 0) is 12.8 Å². The lowest BCUT2D eigenvalue weighted by Crippen LogP contribution is -2.40. The van der Waals surface area contributed by atoms with Gasteiger partial charge in [0.2, 0.25) is 0 Å². The zero-order valence-corrected chi connectivity index (χ0v) is 6.78. The monoisotopic (exact) mass is 177 g/mol. The minimum absolute atomic E-state index is 0.646. The van der Waals surface area contributed by atoms with Gasteiger partial charge in [-0.2, -0.15) is 5.26 Å². The number of nitriles is 1. The van der Waals surface area contributed by atoms with Crippen molar-refractivity contribution in [2.45, 2.75) is 18.4 Å². The molecule has 13 heavy (non-hydrogen) atoms. The minimum Gasteiger partial charge on any atom is -0.323 e. The molecule has 1 aromatic rings. The normalized spacial score (nSPS) is 17.8. The number of H-pyrrole nitrogens is 1. The second kappa shape index (κ2) is 2.33. The lowest BCUT2D eigenvalue weighted by Gasteiger charge is -2.07. The van der Waals surface area contributed by atoms with E-state index in [1.54, 1.807) is 0 Å². The molecule has 0 spiro atoms. The Morgan fingerprint density at radius 3 is 2.77 bits per heavy atom. The number of nitrogens with zero attached hydrogens (tertiary/aromatic N) is 2. The molecule has 1 aliphatic rings. The topological polar surface area (TPSA) is 78.7 Å². The Labute approximate surface area is 73.3 Å². The van der Waals surface area contributed by atoms with Gasteiger partial charge in [0.25, 0.3) is 0 Å². The Hall–Kier alpha value is -1.83. The summed E-state index contributed by atoms with van der Waals surface area (Å²) in [5.74, 6) is 0. The lowest BCUT2D eigenvalue weighted by atomic mass is 10.3. The van der Waals surface area contributed by atoms with Crippen molar-refractivity contribution in [1.82, 2.24) is 9.55 Å². The van der Waals surface area contributed by atoms with E-state index in [2.05, 4.69) is 4.98 Å². The molecule has 1 aliphatic carbocycles. The largest absolute Gasteiger partial charge is 0.323 e. The van der Waals surface area contributed by atoms with Crippen LogP contribution in [0.1, 0.15) is 12.8 Å². The van der Waals surface area contributed by atoms with Crippen molar-refractivity contribution in [3.8, 4) is 6.07 Å². The molecule has 0 atom stereocenters. The number of hydrogen-bond donors (Lipinski definition) is 1. The highest BCUT2D eigenvalue weighted by molar-refractivity contribution is 5.16. The molecule has 0 aliphatic heterocycles. The highest BCUT2D eigenvalue weighted by Gasteiger charge is 2.46. The van der Waals surface area contributed by atoms with Crippen LogP contribution in [0.3, 0.4) is 0 Å². The molecular weight excluding hydrogens is 170 g/mol. The Bertz CT molecular complexity index is 487. The van der Waals surface area contributed by atoms with E-state index < -0.39 is 16.7 Å². The maximum absolute atomic E-state index is 11.3. The predicted molar refractivity (Wildman–Crippen MR) is 44.1 cm³/mol. The molecule has 2 rings (SSSR count). The number of hydrogen-bond acceptors (Lipinski definition) is 3. The van der Waals surface area contributed by atoms with E-state index in [1.165, 1.54) is 17.0 Å². The third kappa shape index (κ3) is 0.991. The van der Waals surface area contributed by atoms with Crippen LogP contribution in [0.15, 0.2) is 22.0 Å². The molecule has 5 heteroatoms. The first-order valence-corrected chi connectivity index (χ1v) is 3.92. The van der Waals surface area contributed by atoms with E-state index in [0.29, 0.717) is 12.8 Å². The molecule has 1 fully saturated rings. The molecule has 1 N–H and O–H groups in total. The Morgan fingerprint density at radius 1 is 1.54 bits per heavy atom. The van der Waals surface area contributed by atoms with E-state index >= 15 is 0 Å². The van der Waals surface area contributed by atoms with Gasteiger partial charge in [-0.15, -0.1) is 0 Å². The van der Waals surface area contributed by atoms with Crippen molar-refractivity contribution in [1.29, 1.82) is 5.26 Å². The zero-order chi connectivity index (χ0) is 9.47. The molecule has 1 aromatic heterocycles. The van der Waals surface area contributed by atoms with Gasteiger partial charge >= 0.3 is 11.1 Å². The van der Waals surface area contributed by atoms with Gasteiger partial charge in [-0.3, -0.25) is 14.2 Å². The average molecular weight is 177 g/mol. The molecule has 0 unspecified atom stereocenters. The van der Waals surface area contributed by atoms with Crippen LogP contribution in [-0.4, -0.2) is 9.55 Å². The SMILES string of the molecule is N#CC1(n2cc[nH]c(=O)c2=O)CC1. The van der Waals surface area contributed by atoms with Crippen molar-refractivity contribution >= 4 is 0 Å². The fourth-order valence-corrected chi connectivity index (χ4v) is 1.29. The van der Waals surface area contributed by atoms with Crippen LogP contribution in [-0.2, 0) is 5.54 Å². The summed E-state index contributed by atoms with van der Waals surface area (Å²) in [4.78, 5) is 24.5. The summed E-state index contributed by atoms with van der Waals surface area (Å²) in [5.41, 5.74) is -2.07. The summed E-state index contributed by atoms with van der Waals surface area (Å²) in [6.07, 6.45) is 4.11. The van der Waals surface area contributed by atoms with Gasteiger partial charge in [0, 0.05) is 12.4 Å². The van der Waals surface area contributed by atoms with Gasteiger partial charge in [0.05, 0.1) is 6.07 Å². The molecular formula is C8H7N3O2. The fraction of sp³-hybridized carbons (Fsp3) is 0.375. The van der Waals surface area contributed by atoms with Crippen LogP contribution >= 0.6 is 0 Å². The highest BCUT2D eigenvalue weighted by Crippen LogP contribution is 2.41. The Balaban J connectivity index is 2.68. The molecule has 0 bridgehead atoms. The van der Waals surface area contributed by atoms with E-state index in [-0.39, 0.29) is 0 Å². The first-order chi connectivity index (χ1) is 6.19. The quantitative estimate of drug-likeness (QED) is 0.590. The predicted octanol–water partition coefficient (Wildman–Crippen LogP) is -0.451. The third-order valence-corrected chi connectivity index (χ3v) is 2.24. The summed E-state index contributed by atoms with van der Waals surface area (Å²) in [5, 5.41) is 8.80. The van der Waals surface area contributed by atoms with E-state index in [9.17, 15) is 9.59 Å². The van der Waals surface area contributed by atoms with Crippen LogP contribution < -0.4 is 11.1 Å². The summed E-state index contributed by atoms with van der Waals surface area (Å²) in [6.45, 7) is 0. The van der Waals surface area contributed by atoms with E-state index in [1.807, 2.05) is 6.07 Å². The third-order valence-electron chi connectivity index (χ3n) is 2.24. The summed E-state index contributed by atoms with van der Waals surface area (Å²) < 4.78 is 1.21.